The Morgan fingerprint density at radius 2 is 1.68 bits per heavy atom. The number of hydrogen-bond donors (Lipinski definition) is 0. The van der Waals surface area contributed by atoms with Gasteiger partial charge in [0.05, 0.1) is 14.2 Å². The maximum atomic E-state index is 13.3. The van der Waals surface area contributed by atoms with Crippen LogP contribution in [0.5, 0.6) is 11.5 Å². The predicted molar refractivity (Wildman–Crippen MR) is 127 cm³/mol. The molecule has 2 atom stereocenters. The Kier molecular flexibility index (Phi) is 8.01. The monoisotopic (exact) mass is 443 g/mol. The van der Waals surface area contributed by atoms with Crippen LogP contribution in [0.1, 0.15) is 47.7 Å². The number of halogens is 1. The highest BCUT2D eigenvalue weighted by molar-refractivity contribution is 6.03. The molecule has 1 aliphatic carbocycles. The Morgan fingerprint density at radius 3 is 2.29 bits per heavy atom. The molecule has 4 rings (SSSR count). The van der Waals surface area contributed by atoms with Gasteiger partial charge in [-0.25, -0.2) is 0 Å². The minimum absolute atomic E-state index is 0. The van der Waals surface area contributed by atoms with Crippen LogP contribution in [0, 0.1) is 17.8 Å². The molecule has 1 saturated heterocycles. The first kappa shape index (κ1) is 23.6. The number of carbonyl (C=O) groups is 1. The van der Waals surface area contributed by atoms with Gasteiger partial charge in [0.15, 0.2) is 17.3 Å². The summed E-state index contributed by atoms with van der Waals surface area (Å²) in [6.45, 7) is 5.51. The minimum atomic E-state index is 0. The average Bonchev–Trinajstić information content (AvgIpc) is 3.10. The van der Waals surface area contributed by atoms with Gasteiger partial charge in [-0.3, -0.25) is 9.69 Å². The molecule has 0 aromatic heterocycles. The van der Waals surface area contributed by atoms with Gasteiger partial charge in [-0.15, -0.1) is 12.4 Å². The van der Waals surface area contributed by atoms with Crippen molar-refractivity contribution < 1.29 is 14.3 Å². The van der Waals surface area contributed by atoms with Crippen molar-refractivity contribution in [1.82, 2.24) is 4.90 Å². The average molecular weight is 444 g/mol. The molecule has 2 aromatic rings. The first-order valence-electron chi connectivity index (χ1n) is 11.2. The van der Waals surface area contributed by atoms with E-state index in [1.165, 1.54) is 18.4 Å². The van der Waals surface area contributed by atoms with Crippen molar-refractivity contribution in [3.05, 3.63) is 59.2 Å². The fourth-order valence-electron chi connectivity index (χ4n) is 5.52. The minimum Gasteiger partial charge on any atom is -0.493 e. The SMILES string of the molecule is CCC(C1CCN(Cc2ccccc2)CC1)C1Cc2cc(OC)c(OC)cc2C1=O.Cl. The van der Waals surface area contributed by atoms with E-state index in [9.17, 15) is 4.79 Å². The number of ketones is 1. The molecule has 2 unspecified atom stereocenters. The molecule has 1 fully saturated rings. The zero-order chi connectivity index (χ0) is 21.1. The van der Waals surface area contributed by atoms with Gasteiger partial charge in [0.1, 0.15) is 0 Å². The second-order valence-corrected chi connectivity index (χ2v) is 8.71. The lowest BCUT2D eigenvalue weighted by Gasteiger charge is -2.37. The van der Waals surface area contributed by atoms with Crippen LogP contribution in [0.2, 0.25) is 0 Å². The van der Waals surface area contributed by atoms with Gasteiger partial charge in [-0.2, -0.15) is 0 Å². The quantitative estimate of drug-likeness (QED) is 0.572. The molecule has 0 spiro atoms. The van der Waals surface area contributed by atoms with Crippen LogP contribution in [0.3, 0.4) is 0 Å². The number of hydrogen-bond acceptors (Lipinski definition) is 4. The molecule has 1 aliphatic heterocycles. The van der Waals surface area contributed by atoms with E-state index < -0.39 is 0 Å². The number of ether oxygens (including phenoxy) is 2. The van der Waals surface area contributed by atoms with Crippen molar-refractivity contribution in [2.75, 3.05) is 27.3 Å². The van der Waals surface area contributed by atoms with Crippen molar-refractivity contribution in [2.45, 2.75) is 39.2 Å². The fraction of sp³-hybridized carbons (Fsp3) is 0.500. The molecular weight excluding hydrogens is 410 g/mol. The number of nitrogens with zero attached hydrogens (tertiary/aromatic N) is 1. The van der Waals surface area contributed by atoms with Crippen molar-refractivity contribution in [3.63, 3.8) is 0 Å². The molecule has 31 heavy (non-hydrogen) atoms. The number of carbonyl (C=O) groups excluding carboxylic acids is 1. The van der Waals surface area contributed by atoms with E-state index in [-0.39, 0.29) is 18.3 Å². The lowest BCUT2D eigenvalue weighted by molar-refractivity contribution is 0.0757. The topological polar surface area (TPSA) is 38.8 Å². The number of likely N-dealkylation sites (tertiary alicyclic amines) is 1. The Balaban J connectivity index is 0.00000272. The van der Waals surface area contributed by atoms with E-state index in [1.54, 1.807) is 14.2 Å². The molecule has 2 aromatic carbocycles. The highest BCUT2D eigenvalue weighted by Gasteiger charge is 2.40. The normalized spacial score (nSPS) is 20.1. The Labute approximate surface area is 192 Å². The highest BCUT2D eigenvalue weighted by atomic mass is 35.5. The number of methoxy groups -OCH3 is 2. The fourth-order valence-corrected chi connectivity index (χ4v) is 5.52. The first-order valence-corrected chi connectivity index (χ1v) is 11.2. The van der Waals surface area contributed by atoms with Gasteiger partial charge < -0.3 is 9.47 Å². The number of Topliss-reactive ketones (excluding diaryl/α,β-unsaturated/α-hetero) is 1. The third kappa shape index (κ3) is 4.91. The maximum Gasteiger partial charge on any atom is 0.166 e. The molecule has 4 nitrogen and oxygen atoms in total. The third-order valence-corrected chi connectivity index (χ3v) is 7.13. The third-order valence-electron chi connectivity index (χ3n) is 7.13. The molecule has 168 valence electrons. The van der Waals surface area contributed by atoms with E-state index in [4.69, 9.17) is 9.47 Å². The van der Waals surface area contributed by atoms with Gasteiger partial charge in [0.25, 0.3) is 0 Å². The first-order chi connectivity index (χ1) is 14.6. The zero-order valence-corrected chi connectivity index (χ0v) is 19.6. The van der Waals surface area contributed by atoms with Crippen LogP contribution >= 0.6 is 12.4 Å². The Bertz CT molecular complexity index is 878. The molecule has 0 bridgehead atoms. The van der Waals surface area contributed by atoms with E-state index in [1.807, 2.05) is 12.1 Å². The van der Waals surface area contributed by atoms with Crippen molar-refractivity contribution in [2.24, 2.45) is 17.8 Å². The standard InChI is InChI=1S/C26H33NO3.ClH/c1-4-21(19-10-12-27(13-11-19)17-18-8-6-5-7-9-18)23-14-20-15-24(29-2)25(30-3)16-22(20)26(23)28;/h5-9,15-16,19,21,23H,4,10-14,17H2,1-3H3;1H. The lowest BCUT2D eigenvalue weighted by atomic mass is 9.73. The molecule has 0 N–H and O–H groups in total. The van der Waals surface area contributed by atoms with Crippen molar-refractivity contribution >= 4 is 18.2 Å². The van der Waals surface area contributed by atoms with Gasteiger partial charge in [0.2, 0.25) is 0 Å². The zero-order valence-electron chi connectivity index (χ0n) is 18.8. The molecule has 1 heterocycles. The predicted octanol–water partition coefficient (Wildman–Crippen LogP) is 5.42. The number of benzene rings is 2. The van der Waals surface area contributed by atoms with E-state index in [0.29, 0.717) is 29.1 Å². The summed E-state index contributed by atoms with van der Waals surface area (Å²) in [5, 5.41) is 0. The summed E-state index contributed by atoms with van der Waals surface area (Å²) in [5.74, 6) is 2.81. The molecule has 0 radical (unpaired) electrons. The molecule has 0 saturated carbocycles. The summed E-state index contributed by atoms with van der Waals surface area (Å²) in [6, 6.07) is 14.6. The molecule has 2 aliphatic rings. The van der Waals surface area contributed by atoms with Crippen LogP contribution in [0.4, 0.5) is 0 Å². The van der Waals surface area contributed by atoms with Crippen LogP contribution in [0.15, 0.2) is 42.5 Å². The van der Waals surface area contributed by atoms with Crippen LogP contribution < -0.4 is 9.47 Å². The molecule has 0 amide bonds. The summed E-state index contributed by atoms with van der Waals surface area (Å²) in [4.78, 5) is 15.9. The Morgan fingerprint density at radius 1 is 1.03 bits per heavy atom. The number of piperidine rings is 1. The van der Waals surface area contributed by atoms with Gasteiger partial charge >= 0.3 is 0 Å². The van der Waals surface area contributed by atoms with Gasteiger partial charge in [0, 0.05) is 18.0 Å². The summed E-state index contributed by atoms with van der Waals surface area (Å²) in [5.41, 5.74) is 3.33. The summed E-state index contributed by atoms with van der Waals surface area (Å²) < 4.78 is 10.9. The van der Waals surface area contributed by atoms with Gasteiger partial charge in [-0.1, -0.05) is 43.7 Å². The summed E-state index contributed by atoms with van der Waals surface area (Å²) >= 11 is 0. The second kappa shape index (κ2) is 10.5. The van der Waals surface area contributed by atoms with Crippen LogP contribution in [-0.4, -0.2) is 38.0 Å². The molecular formula is C26H34ClNO3. The van der Waals surface area contributed by atoms with E-state index >= 15 is 0 Å². The summed E-state index contributed by atoms with van der Waals surface area (Å²) in [7, 11) is 3.27. The smallest absolute Gasteiger partial charge is 0.166 e. The van der Waals surface area contributed by atoms with Crippen LogP contribution in [-0.2, 0) is 13.0 Å². The van der Waals surface area contributed by atoms with E-state index in [2.05, 4.69) is 42.2 Å². The summed E-state index contributed by atoms with van der Waals surface area (Å²) in [6.07, 6.45) is 4.25. The van der Waals surface area contributed by atoms with Crippen molar-refractivity contribution in [1.29, 1.82) is 0 Å². The van der Waals surface area contributed by atoms with E-state index in [0.717, 1.165) is 43.6 Å². The largest absolute Gasteiger partial charge is 0.493 e. The van der Waals surface area contributed by atoms with Crippen molar-refractivity contribution in [3.8, 4) is 11.5 Å². The highest BCUT2D eigenvalue weighted by Crippen LogP contribution is 2.43. The maximum absolute atomic E-state index is 13.3. The Hall–Kier alpha value is -2.04. The number of rotatable bonds is 7. The number of fused-ring (bicyclic) bond motifs is 1. The second-order valence-electron chi connectivity index (χ2n) is 8.71. The van der Waals surface area contributed by atoms with Gasteiger partial charge in [-0.05, 0) is 67.4 Å². The lowest BCUT2D eigenvalue weighted by Crippen LogP contribution is -2.38. The molecule has 5 heteroatoms. The van der Waals surface area contributed by atoms with Crippen LogP contribution in [0.25, 0.3) is 0 Å².